The van der Waals surface area contributed by atoms with Crippen molar-refractivity contribution in [1.82, 2.24) is 10.2 Å². The Bertz CT molecular complexity index is 2000. The van der Waals surface area contributed by atoms with E-state index in [0.717, 1.165) is 35.6 Å². The van der Waals surface area contributed by atoms with Gasteiger partial charge in [0.05, 0.1) is 18.9 Å². The molecule has 7 nitrogen and oxygen atoms in total. The fourth-order valence-corrected chi connectivity index (χ4v) is 8.25. The highest BCUT2D eigenvalue weighted by atomic mass is 127. The minimum atomic E-state index is -0.696. The number of benzene rings is 4. The van der Waals surface area contributed by atoms with Gasteiger partial charge in [-0.15, -0.1) is 0 Å². The summed E-state index contributed by atoms with van der Waals surface area (Å²) in [5.74, 6) is -0.956. The lowest BCUT2D eigenvalue weighted by atomic mass is 9.99. The summed E-state index contributed by atoms with van der Waals surface area (Å²) in [5.41, 5.74) is 3.71. The number of thioether (sulfide) groups is 1. The highest BCUT2D eigenvalue weighted by Gasteiger charge is 2.35. The summed E-state index contributed by atoms with van der Waals surface area (Å²) in [6, 6.07) is 30.1. The standard InChI is InChI=1S/C40H32ClI2N3O4S/c1-3-5-19-30(4-2)46-39(49)31(21-26-22-33(42)37(34(43)23-26)50-24-29-18-12-13-20-32(29)41)38(48)45-40(46)51-25-35(47)44-36(27-14-8-6-9-15-27)28-16-10-7-11-17-28/h3-23,36H,1,24-25H2,2H3,(H,44,47)/b19-5-,30-4+,31-21+. The monoisotopic (exact) mass is 939 g/mol. The van der Waals surface area contributed by atoms with E-state index < -0.39 is 11.8 Å². The number of nitrogens with one attached hydrogen (secondary N) is 1. The molecule has 0 saturated carbocycles. The zero-order chi connectivity index (χ0) is 36.3. The summed E-state index contributed by atoms with van der Waals surface area (Å²) >= 11 is 11.7. The number of aliphatic imine (C=N–C) groups is 1. The second kappa shape index (κ2) is 18.5. The molecule has 1 aliphatic rings. The Kier molecular flexibility index (Phi) is 13.9. The Morgan fingerprint density at radius 1 is 0.980 bits per heavy atom. The van der Waals surface area contributed by atoms with Crippen LogP contribution in [0.2, 0.25) is 5.02 Å². The Labute approximate surface area is 333 Å². The van der Waals surface area contributed by atoms with Crippen molar-refractivity contribution in [3.05, 3.63) is 174 Å². The Balaban J connectivity index is 1.39. The van der Waals surface area contributed by atoms with Crippen LogP contribution in [0.25, 0.3) is 6.08 Å². The first kappa shape index (κ1) is 38.3. The number of allylic oxidation sites excluding steroid dienone is 4. The molecule has 0 radical (unpaired) electrons. The van der Waals surface area contributed by atoms with Gasteiger partial charge in [-0.05, 0) is 99.1 Å². The van der Waals surface area contributed by atoms with Crippen molar-refractivity contribution in [3.8, 4) is 5.75 Å². The van der Waals surface area contributed by atoms with E-state index in [-0.39, 0.29) is 35.0 Å². The van der Waals surface area contributed by atoms with Gasteiger partial charge in [0.2, 0.25) is 5.91 Å². The maximum Gasteiger partial charge on any atom is 0.285 e. The first-order chi connectivity index (χ1) is 24.7. The highest BCUT2D eigenvalue weighted by molar-refractivity contribution is 14.1. The summed E-state index contributed by atoms with van der Waals surface area (Å²) in [6.07, 6.45) is 8.25. The van der Waals surface area contributed by atoms with Gasteiger partial charge in [0, 0.05) is 16.3 Å². The van der Waals surface area contributed by atoms with Crippen LogP contribution in [0, 0.1) is 7.14 Å². The average Bonchev–Trinajstić information content (AvgIpc) is 3.13. The third kappa shape index (κ3) is 9.88. The van der Waals surface area contributed by atoms with Crippen molar-refractivity contribution < 1.29 is 19.1 Å². The molecule has 0 aromatic heterocycles. The molecular formula is C40H32ClI2N3O4S. The van der Waals surface area contributed by atoms with Crippen LogP contribution in [0.4, 0.5) is 0 Å². The van der Waals surface area contributed by atoms with Crippen LogP contribution in [-0.4, -0.2) is 33.5 Å². The zero-order valence-electron chi connectivity index (χ0n) is 27.4. The number of carbonyl (C=O) groups is 3. The van der Waals surface area contributed by atoms with Crippen molar-refractivity contribution in [2.45, 2.75) is 19.6 Å². The number of carbonyl (C=O) groups excluding carboxylic acids is 3. The third-order valence-electron chi connectivity index (χ3n) is 7.57. The van der Waals surface area contributed by atoms with Crippen LogP contribution >= 0.6 is 68.5 Å². The first-order valence-electron chi connectivity index (χ1n) is 15.7. The molecule has 0 saturated heterocycles. The fourth-order valence-electron chi connectivity index (χ4n) is 5.13. The fraction of sp³-hybridized carbons (Fsp3) is 0.100. The molecule has 0 spiro atoms. The SMILES string of the molecule is C=C/C=C\C(=C/C)N1C(=O)/C(=C/c2cc(I)c(OCc3ccccc3Cl)c(I)c2)C(=O)N=C1SCC(=O)NC(c1ccccc1)c1ccccc1. The lowest BCUT2D eigenvalue weighted by molar-refractivity contribution is -0.126. The molecule has 11 heteroatoms. The maximum absolute atomic E-state index is 14.1. The molecule has 0 bridgehead atoms. The van der Waals surface area contributed by atoms with Crippen LogP contribution < -0.4 is 10.1 Å². The van der Waals surface area contributed by atoms with Crippen LogP contribution in [0.3, 0.4) is 0 Å². The molecule has 1 N–H and O–H groups in total. The lowest BCUT2D eigenvalue weighted by Crippen LogP contribution is -2.42. The van der Waals surface area contributed by atoms with E-state index in [1.165, 1.54) is 11.0 Å². The average molecular weight is 940 g/mol. The van der Waals surface area contributed by atoms with Gasteiger partial charge in [0.15, 0.2) is 5.17 Å². The smallest absolute Gasteiger partial charge is 0.285 e. The second-order valence-corrected chi connectivity index (χ2v) is 14.7. The van der Waals surface area contributed by atoms with Gasteiger partial charge in [0.1, 0.15) is 17.9 Å². The largest absolute Gasteiger partial charge is 0.487 e. The van der Waals surface area contributed by atoms with Crippen molar-refractivity contribution in [2.75, 3.05) is 5.75 Å². The number of nitrogens with zero attached hydrogens (tertiary/aromatic N) is 2. The van der Waals surface area contributed by atoms with Crippen molar-refractivity contribution >= 4 is 97.5 Å². The van der Waals surface area contributed by atoms with Crippen LogP contribution in [0.5, 0.6) is 5.75 Å². The molecule has 0 aliphatic carbocycles. The molecule has 0 atom stereocenters. The number of hydrogen-bond acceptors (Lipinski definition) is 5. The van der Waals surface area contributed by atoms with Gasteiger partial charge in [-0.25, -0.2) is 0 Å². The van der Waals surface area contributed by atoms with Crippen molar-refractivity contribution in [3.63, 3.8) is 0 Å². The summed E-state index contributed by atoms with van der Waals surface area (Å²) in [5, 5.41) is 3.83. The predicted octanol–water partition coefficient (Wildman–Crippen LogP) is 9.52. The number of amidine groups is 1. The molecule has 258 valence electrons. The number of rotatable bonds is 12. The van der Waals surface area contributed by atoms with Crippen molar-refractivity contribution in [2.24, 2.45) is 4.99 Å². The summed E-state index contributed by atoms with van der Waals surface area (Å²) in [4.78, 5) is 46.7. The van der Waals surface area contributed by atoms with E-state index in [4.69, 9.17) is 16.3 Å². The summed E-state index contributed by atoms with van der Waals surface area (Å²) in [6.45, 7) is 5.80. The van der Waals surface area contributed by atoms with Crippen LogP contribution in [0.15, 0.2) is 144 Å². The molecule has 0 fully saturated rings. The summed E-state index contributed by atoms with van der Waals surface area (Å²) in [7, 11) is 0. The van der Waals surface area contributed by atoms with E-state index in [1.807, 2.05) is 97.1 Å². The van der Waals surface area contributed by atoms with E-state index >= 15 is 0 Å². The molecule has 5 rings (SSSR count). The molecule has 4 aromatic carbocycles. The van der Waals surface area contributed by atoms with Gasteiger partial charge in [-0.2, -0.15) is 4.99 Å². The first-order valence-corrected chi connectivity index (χ1v) is 19.2. The maximum atomic E-state index is 14.1. The molecule has 1 heterocycles. The minimum absolute atomic E-state index is 0.0840. The van der Waals surface area contributed by atoms with Gasteiger partial charge in [-0.3, -0.25) is 19.3 Å². The number of halogens is 3. The molecule has 0 unspecified atom stereocenters. The molecule has 51 heavy (non-hydrogen) atoms. The van der Waals surface area contributed by atoms with Crippen LogP contribution in [0.1, 0.15) is 35.2 Å². The van der Waals surface area contributed by atoms with E-state index in [0.29, 0.717) is 22.0 Å². The van der Waals surface area contributed by atoms with Crippen LogP contribution in [-0.2, 0) is 21.0 Å². The van der Waals surface area contributed by atoms with E-state index in [9.17, 15) is 14.4 Å². The second-order valence-electron chi connectivity index (χ2n) is 11.0. The summed E-state index contributed by atoms with van der Waals surface area (Å²) < 4.78 is 7.70. The molecule has 1 aliphatic heterocycles. The quantitative estimate of drug-likeness (QED) is 0.0663. The van der Waals surface area contributed by atoms with E-state index in [2.05, 4.69) is 62.1 Å². The normalized spacial score (nSPS) is 14.3. The highest BCUT2D eigenvalue weighted by Crippen LogP contribution is 2.33. The number of ether oxygens (including phenoxy) is 1. The zero-order valence-corrected chi connectivity index (χ0v) is 33.3. The lowest BCUT2D eigenvalue weighted by Gasteiger charge is -2.28. The topological polar surface area (TPSA) is 88.1 Å². The molecule has 3 amide bonds. The van der Waals surface area contributed by atoms with Gasteiger partial charge in [0.25, 0.3) is 11.8 Å². The predicted molar refractivity (Wildman–Crippen MR) is 223 cm³/mol. The van der Waals surface area contributed by atoms with Gasteiger partial charge in [-0.1, -0.05) is 127 Å². The minimum Gasteiger partial charge on any atom is -0.487 e. The Hall–Kier alpha value is -3.98. The third-order valence-corrected chi connectivity index (χ3v) is 10.5. The number of amides is 3. The Morgan fingerprint density at radius 2 is 1.59 bits per heavy atom. The molecular weight excluding hydrogens is 908 g/mol. The van der Waals surface area contributed by atoms with Gasteiger partial charge >= 0.3 is 0 Å². The van der Waals surface area contributed by atoms with Crippen molar-refractivity contribution in [1.29, 1.82) is 0 Å². The van der Waals surface area contributed by atoms with E-state index in [1.54, 1.807) is 31.2 Å². The van der Waals surface area contributed by atoms with Gasteiger partial charge < -0.3 is 10.1 Å². The molecule has 4 aromatic rings. The Morgan fingerprint density at radius 3 is 2.18 bits per heavy atom. The number of hydrogen-bond donors (Lipinski definition) is 1.